The molecule has 0 radical (unpaired) electrons. The van der Waals surface area contributed by atoms with Crippen molar-refractivity contribution in [2.45, 2.75) is 51.0 Å². The van der Waals surface area contributed by atoms with Gasteiger partial charge in [-0.05, 0) is 79.3 Å². The van der Waals surface area contributed by atoms with Gasteiger partial charge in [0.15, 0.2) is 5.58 Å². The molecule has 0 bridgehead atoms. The molecule has 5 aromatic rings. The molecular formula is C39H37N5O7. The summed E-state index contributed by atoms with van der Waals surface area (Å²) in [5, 5.41) is 5.82. The van der Waals surface area contributed by atoms with Gasteiger partial charge in [0.2, 0.25) is 17.7 Å². The van der Waals surface area contributed by atoms with E-state index in [4.69, 9.17) is 13.9 Å². The van der Waals surface area contributed by atoms with Gasteiger partial charge in [0.1, 0.15) is 30.8 Å². The number of likely N-dealkylation sites (tertiary alicyclic amines) is 2. The summed E-state index contributed by atoms with van der Waals surface area (Å²) in [6.45, 7) is 1.18. The summed E-state index contributed by atoms with van der Waals surface area (Å²) in [6, 6.07) is 29.8. The van der Waals surface area contributed by atoms with Crippen LogP contribution in [0, 0.1) is 0 Å². The van der Waals surface area contributed by atoms with E-state index < -0.39 is 24.3 Å². The molecule has 7 rings (SSSR count). The average molecular weight is 688 g/mol. The van der Waals surface area contributed by atoms with Crippen molar-refractivity contribution in [1.29, 1.82) is 0 Å². The van der Waals surface area contributed by atoms with Crippen molar-refractivity contribution < 1.29 is 33.1 Å². The minimum absolute atomic E-state index is 0.139. The summed E-state index contributed by atoms with van der Waals surface area (Å²) < 4.78 is 16.9. The van der Waals surface area contributed by atoms with Gasteiger partial charge >= 0.3 is 12.2 Å². The average Bonchev–Trinajstić information content (AvgIpc) is 3.94. The Balaban J connectivity index is 0.939. The lowest BCUT2D eigenvalue weighted by Gasteiger charge is -2.23. The van der Waals surface area contributed by atoms with Crippen molar-refractivity contribution in [3.05, 3.63) is 114 Å². The van der Waals surface area contributed by atoms with E-state index in [1.165, 1.54) is 9.80 Å². The van der Waals surface area contributed by atoms with E-state index in [0.29, 0.717) is 72.7 Å². The molecule has 0 aliphatic carbocycles. The molecule has 51 heavy (non-hydrogen) atoms. The minimum atomic E-state index is -0.638. The minimum Gasteiger partial charge on any atom is -0.445 e. The molecule has 4 aromatic carbocycles. The highest BCUT2D eigenvalue weighted by molar-refractivity contribution is 5.98. The number of ether oxygens (including phenoxy) is 2. The van der Waals surface area contributed by atoms with Gasteiger partial charge in [-0.15, -0.1) is 0 Å². The summed E-state index contributed by atoms with van der Waals surface area (Å²) >= 11 is 0. The second kappa shape index (κ2) is 15.2. The van der Waals surface area contributed by atoms with Crippen LogP contribution in [-0.2, 0) is 32.3 Å². The van der Waals surface area contributed by atoms with Crippen molar-refractivity contribution in [1.82, 2.24) is 14.8 Å². The van der Waals surface area contributed by atoms with Crippen LogP contribution in [0.1, 0.15) is 36.8 Å². The fraction of sp³-hybridized carbons (Fsp3) is 0.256. The van der Waals surface area contributed by atoms with Crippen LogP contribution in [0.15, 0.2) is 108 Å². The summed E-state index contributed by atoms with van der Waals surface area (Å²) in [7, 11) is 0. The van der Waals surface area contributed by atoms with Crippen LogP contribution < -0.4 is 10.6 Å². The molecule has 0 unspecified atom stereocenters. The number of hydrogen-bond acceptors (Lipinski definition) is 8. The molecule has 0 saturated carbocycles. The van der Waals surface area contributed by atoms with Crippen LogP contribution in [0.2, 0.25) is 0 Å². The second-order valence-corrected chi connectivity index (χ2v) is 12.5. The third-order valence-corrected chi connectivity index (χ3v) is 9.04. The van der Waals surface area contributed by atoms with Crippen LogP contribution in [-0.4, -0.2) is 64.0 Å². The van der Waals surface area contributed by atoms with E-state index >= 15 is 0 Å². The number of amides is 4. The lowest BCUT2D eigenvalue weighted by molar-refractivity contribution is -0.120. The molecule has 0 spiro atoms. The number of nitrogens with zero attached hydrogens (tertiary/aromatic N) is 3. The lowest BCUT2D eigenvalue weighted by atomic mass is 10.1. The standard InChI is InChI=1S/C39H37N5O7/c45-35(32-13-7-21-43(32)38(47)49-24-26-9-3-1-4-10-26)40-29-17-15-28(16-18-29)37-42-31-23-30(19-20-34(31)51-37)41-36(46)33-14-8-22-44(33)39(48)50-25-27-11-5-2-6-12-27/h1-6,9-12,15-20,23,32-33H,7-8,13-14,21-22,24-25H2,(H,40,45)(H,41,46)/t32-,33-/m0/s1. The summed E-state index contributed by atoms with van der Waals surface area (Å²) in [6.07, 6.45) is 1.48. The highest BCUT2D eigenvalue weighted by atomic mass is 16.6. The lowest BCUT2D eigenvalue weighted by Crippen LogP contribution is -2.43. The van der Waals surface area contributed by atoms with E-state index in [-0.39, 0.29) is 25.0 Å². The van der Waals surface area contributed by atoms with Crippen LogP contribution in [0.4, 0.5) is 21.0 Å². The summed E-state index contributed by atoms with van der Waals surface area (Å²) in [5.41, 5.74) is 4.62. The Labute approximate surface area is 294 Å². The Morgan fingerprint density at radius 1 is 0.667 bits per heavy atom. The number of carbonyl (C=O) groups is 4. The molecule has 260 valence electrons. The van der Waals surface area contributed by atoms with Gasteiger partial charge in [0.05, 0.1) is 0 Å². The number of hydrogen-bond donors (Lipinski definition) is 2. The number of aromatic nitrogens is 1. The molecule has 2 fully saturated rings. The molecule has 1 aromatic heterocycles. The third-order valence-electron chi connectivity index (χ3n) is 9.04. The maximum Gasteiger partial charge on any atom is 0.410 e. The first-order valence-electron chi connectivity index (χ1n) is 17.0. The zero-order valence-corrected chi connectivity index (χ0v) is 27.8. The quantitative estimate of drug-likeness (QED) is 0.169. The topological polar surface area (TPSA) is 143 Å². The maximum atomic E-state index is 13.2. The normalized spacial score (nSPS) is 16.9. The van der Waals surface area contributed by atoms with Crippen molar-refractivity contribution >= 4 is 46.5 Å². The van der Waals surface area contributed by atoms with Gasteiger partial charge in [-0.1, -0.05) is 60.7 Å². The predicted octanol–water partition coefficient (Wildman–Crippen LogP) is 6.97. The van der Waals surface area contributed by atoms with Crippen molar-refractivity contribution in [2.75, 3.05) is 23.7 Å². The van der Waals surface area contributed by atoms with E-state index in [9.17, 15) is 19.2 Å². The van der Waals surface area contributed by atoms with Crippen LogP contribution >= 0.6 is 0 Å². The van der Waals surface area contributed by atoms with Gasteiger partial charge in [-0.25, -0.2) is 14.6 Å². The molecule has 12 heteroatoms. The van der Waals surface area contributed by atoms with Crippen molar-refractivity contribution in [2.24, 2.45) is 0 Å². The number of anilines is 2. The number of oxazole rings is 1. The summed E-state index contributed by atoms with van der Waals surface area (Å²) in [5.74, 6) is -0.203. The Morgan fingerprint density at radius 3 is 1.73 bits per heavy atom. The van der Waals surface area contributed by atoms with Gasteiger partial charge in [-0.3, -0.25) is 19.4 Å². The number of carbonyl (C=O) groups excluding carboxylic acids is 4. The van der Waals surface area contributed by atoms with Gasteiger partial charge < -0.3 is 24.5 Å². The Morgan fingerprint density at radius 2 is 1.18 bits per heavy atom. The molecule has 2 saturated heterocycles. The first-order chi connectivity index (χ1) is 24.9. The van der Waals surface area contributed by atoms with E-state index in [1.54, 1.807) is 42.5 Å². The van der Waals surface area contributed by atoms with E-state index in [2.05, 4.69) is 15.6 Å². The zero-order valence-electron chi connectivity index (χ0n) is 27.8. The Hall–Kier alpha value is -6.17. The van der Waals surface area contributed by atoms with Crippen LogP contribution in [0.25, 0.3) is 22.6 Å². The van der Waals surface area contributed by atoms with Gasteiger partial charge in [0, 0.05) is 30.0 Å². The maximum absolute atomic E-state index is 13.2. The molecule has 2 aliphatic heterocycles. The number of rotatable bonds is 9. The Bertz CT molecular complexity index is 2020. The first kappa shape index (κ1) is 33.3. The Kier molecular flexibility index (Phi) is 9.91. The number of nitrogens with one attached hydrogen (secondary N) is 2. The molecular weight excluding hydrogens is 650 g/mol. The molecule has 2 aliphatic rings. The van der Waals surface area contributed by atoms with E-state index in [1.807, 2.05) is 60.7 Å². The van der Waals surface area contributed by atoms with Gasteiger partial charge in [0.25, 0.3) is 0 Å². The molecule has 4 amide bonds. The molecule has 2 atom stereocenters. The smallest absolute Gasteiger partial charge is 0.410 e. The summed E-state index contributed by atoms with van der Waals surface area (Å²) in [4.78, 5) is 59.5. The predicted molar refractivity (Wildman–Crippen MR) is 189 cm³/mol. The number of fused-ring (bicyclic) bond motifs is 1. The van der Waals surface area contributed by atoms with Gasteiger partial charge in [-0.2, -0.15) is 0 Å². The van der Waals surface area contributed by atoms with Crippen molar-refractivity contribution in [3.8, 4) is 11.5 Å². The highest BCUT2D eigenvalue weighted by Gasteiger charge is 2.36. The largest absolute Gasteiger partial charge is 0.445 e. The molecule has 12 nitrogen and oxygen atoms in total. The number of benzene rings is 4. The first-order valence-corrected chi connectivity index (χ1v) is 17.0. The third kappa shape index (κ3) is 7.85. The fourth-order valence-corrected chi connectivity index (χ4v) is 6.40. The molecule has 3 heterocycles. The highest BCUT2D eigenvalue weighted by Crippen LogP contribution is 2.29. The van der Waals surface area contributed by atoms with Crippen LogP contribution in [0.3, 0.4) is 0 Å². The van der Waals surface area contributed by atoms with Crippen LogP contribution in [0.5, 0.6) is 0 Å². The monoisotopic (exact) mass is 687 g/mol. The van der Waals surface area contributed by atoms with Crippen molar-refractivity contribution in [3.63, 3.8) is 0 Å². The second-order valence-electron chi connectivity index (χ2n) is 12.5. The SMILES string of the molecule is O=C(Nc1ccc(-c2nc3cc(NC(=O)[C@@H]4CCCN4C(=O)OCc4ccccc4)ccc3o2)cc1)[C@@H]1CCCN1C(=O)OCc1ccccc1. The van der Waals surface area contributed by atoms with E-state index in [0.717, 1.165) is 11.1 Å². The fourth-order valence-electron chi connectivity index (χ4n) is 6.40. The zero-order chi connectivity index (χ0) is 35.2. The molecule has 2 N–H and O–H groups in total.